The quantitative estimate of drug-likeness (QED) is 0.697. The fourth-order valence-corrected chi connectivity index (χ4v) is 2.03. The molecule has 0 aromatic rings. The highest BCUT2D eigenvalue weighted by Crippen LogP contribution is 2.19. The fourth-order valence-electron chi connectivity index (χ4n) is 1.28. The number of rotatable bonds is 1. The molecular weight excluding hydrogens is 230 g/mol. The van der Waals surface area contributed by atoms with Gasteiger partial charge < -0.3 is 9.64 Å². The number of amides is 1. The van der Waals surface area contributed by atoms with Crippen molar-refractivity contribution < 1.29 is 17.9 Å². The summed E-state index contributed by atoms with van der Waals surface area (Å²) in [5.74, 6) is 0. The van der Waals surface area contributed by atoms with Crippen LogP contribution >= 0.6 is 0 Å². The van der Waals surface area contributed by atoms with Gasteiger partial charge in [0, 0.05) is 24.8 Å². The molecule has 0 spiro atoms. The Morgan fingerprint density at radius 2 is 1.88 bits per heavy atom. The summed E-state index contributed by atoms with van der Waals surface area (Å²) >= 11 is 0. The maximum absolute atomic E-state index is 11.5. The SMILES string of the molecule is CC(C)(C)OC(=O)N1CC(=CS(C)(=O)=O)C1. The minimum absolute atomic E-state index is 0.335. The normalized spacial score (nSPS) is 16.8. The van der Waals surface area contributed by atoms with Crippen LogP contribution in [0, 0.1) is 0 Å². The number of likely N-dealkylation sites (tertiary alicyclic amines) is 1. The van der Waals surface area contributed by atoms with E-state index in [1.165, 1.54) is 10.3 Å². The van der Waals surface area contributed by atoms with E-state index in [1.54, 1.807) is 20.8 Å². The number of carbonyl (C=O) groups excluding carboxylic acids is 1. The molecule has 1 heterocycles. The molecule has 16 heavy (non-hydrogen) atoms. The van der Waals surface area contributed by atoms with Crippen LogP contribution in [-0.4, -0.2) is 44.4 Å². The predicted molar refractivity (Wildman–Crippen MR) is 60.7 cm³/mol. The van der Waals surface area contributed by atoms with Gasteiger partial charge in [0.2, 0.25) is 0 Å². The zero-order chi connectivity index (χ0) is 12.6. The molecule has 1 aliphatic rings. The van der Waals surface area contributed by atoms with Gasteiger partial charge in [-0.05, 0) is 26.3 Å². The molecule has 5 nitrogen and oxygen atoms in total. The van der Waals surface area contributed by atoms with E-state index < -0.39 is 21.5 Å². The second-order valence-corrected chi connectivity index (χ2v) is 6.84. The van der Waals surface area contributed by atoms with Gasteiger partial charge in [0.15, 0.2) is 9.84 Å². The van der Waals surface area contributed by atoms with Crippen molar-refractivity contribution in [3.8, 4) is 0 Å². The van der Waals surface area contributed by atoms with Crippen LogP contribution in [0.25, 0.3) is 0 Å². The summed E-state index contributed by atoms with van der Waals surface area (Å²) in [4.78, 5) is 12.9. The molecule has 1 rings (SSSR count). The smallest absolute Gasteiger partial charge is 0.410 e. The molecule has 0 aromatic carbocycles. The van der Waals surface area contributed by atoms with Gasteiger partial charge in [-0.25, -0.2) is 13.2 Å². The molecule has 92 valence electrons. The predicted octanol–water partition coefficient (Wildman–Crippen LogP) is 1.17. The van der Waals surface area contributed by atoms with Crippen molar-refractivity contribution in [3.05, 3.63) is 11.0 Å². The van der Waals surface area contributed by atoms with E-state index >= 15 is 0 Å². The van der Waals surface area contributed by atoms with Crippen LogP contribution in [0.3, 0.4) is 0 Å². The molecule has 0 N–H and O–H groups in total. The van der Waals surface area contributed by atoms with Crippen molar-refractivity contribution >= 4 is 15.9 Å². The lowest BCUT2D eigenvalue weighted by Gasteiger charge is -2.35. The lowest BCUT2D eigenvalue weighted by Crippen LogP contribution is -2.47. The zero-order valence-corrected chi connectivity index (χ0v) is 10.8. The molecule has 6 heteroatoms. The highest BCUT2D eigenvalue weighted by molar-refractivity contribution is 7.93. The Morgan fingerprint density at radius 3 is 2.25 bits per heavy atom. The third-order valence-corrected chi connectivity index (χ3v) is 2.58. The highest BCUT2D eigenvalue weighted by Gasteiger charge is 2.30. The zero-order valence-electron chi connectivity index (χ0n) is 9.98. The van der Waals surface area contributed by atoms with Gasteiger partial charge in [-0.1, -0.05) is 0 Å². The molecule has 0 aliphatic carbocycles. The number of hydrogen-bond donors (Lipinski definition) is 0. The van der Waals surface area contributed by atoms with Crippen molar-refractivity contribution in [3.63, 3.8) is 0 Å². The van der Waals surface area contributed by atoms with Gasteiger partial charge in [-0.15, -0.1) is 0 Å². The minimum Gasteiger partial charge on any atom is -0.444 e. The van der Waals surface area contributed by atoms with Crippen LogP contribution < -0.4 is 0 Å². The molecule has 1 amide bonds. The maximum atomic E-state index is 11.5. The summed E-state index contributed by atoms with van der Waals surface area (Å²) in [6.45, 7) is 6.04. The van der Waals surface area contributed by atoms with Crippen LogP contribution in [0.1, 0.15) is 20.8 Å². The number of hydrogen-bond acceptors (Lipinski definition) is 4. The molecule has 1 aliphatic heterocycles. The average Bonchev–Trinajstić information content (AvgIpc) is 1.89. The second kappa shape index (κ2) is 4.08. The Balaban J connectivity index is 2.48. The van der Waals surface area contributed by atoms with Crippen LogP contribution in [-0.2, 0) is 14.6 Å². The van der Waals surface area contributed by atoms with Gasteiger partial charge in [0.1, 0.15) is 5.60 Å². The maximum Gasteiger partial charge on any atom is 0.410 e. The Morgan fingerprint density at radius 1 is 1.38 bits per heavy atom. The van der Waals surface area contributed by atoms with Crippen molar-refractivity contribution in [1.29, 1.82) is 0 Å². The molecule has 0 radical (unpaired) electrons. The van der Waals surface area contributed by atoms with Gasteiger partial charge in [-0.2, -0.15) is 0 Å². The first-order valence-electron chi connectivity index (χ1n) is 4.94. The van der Waals surface area contributed by atoms with Gasteiger partial charge in [0.05, 0.1) is 0 Å². The molecule has 0 aromatic heterocycles. The van der Waals surface area contributed by atoms with Gasteiger partial charge in [-0.3, -0.25) is 0 Å². The first kappa shape index (κ1) is 13.0. The summed E-state index contributed by atoms with van der Waals surface area (Å²) in [6.07, 6.45) is 0.731. The van der Waals surface area contributed by atoms with E-state index in [2.05, 4.69) is 0 Å². The standard InChI is InChI=1S/C10H17NO4S/c1-10(2,3)15-9(12)11-5-8(6-11)7-16(4,13)14/h7H,5-6H2,1-4H3. The van der Waals surface area contributed by atoms with Crippen LogP contribution in [0.15, 0.2) is 11.0 Å². The van der Waals surface area contributed by atoms with Crippen molar-refractivity contribution in [2.45, 2.75) is 26.4 Å². The van der Waals surface area contributed by atoms with Crippen molar-refractivity contribution in [2.75, 3.05) is 19.3 Å². The molecule has 0 bridgehead atoms. The summed E-state index contributed by atoms with van der Waals surface area (Å²) in [5.41, 5.74) is 0.210. The lowest BCUT2D eigenvalue weighted by atomic mass is 10.1. The van der Waals surface area contributed by atoms with Crippen molar-refractivity contribution in [2.24, 2.45) is 0 Å². The molecule has 0 unspecified atom stereocenters. The van der Waals surface area contributed by atoms with E-state index in [-0.39, 0.29) is 0 Å². The van der Waals surface area contributed by atoms with E-state index in [4.69, 9.17) is 4.74 Å². The first-order chi connectivity index (χ1) is 7.07. The molecule has 0 atom stereocenters. The lowest BCUT2D eigenvalue weighted by molar-refractivity contribution is 0.0214. The molecular formula is C10H17NO4S. The monoisotopic (exact) mass is 247 g/mol. The number of ether oxygens (including phenoxy) is 1. The average molecular weight is 247 g/mol. The number of carbonyl (C=O) groups is 1. The van der Waals surface area contributed by atoms with Crippen LogP contribution in [0.2, 0.25) is 0 Å². The van der Waals surface area contributed by atoms with E-state index in [1.807, 2.05) is 0 Å². The third-order valence-electron chi connectivity index (χ3n) is 1.82. The van der Waals surface area contributed by atoms with E-state index in [9.17, 15) is 13.2 Å². The first-order valence-corrected chi connectivity index (χ1v) is 6.90. The fraction of sp³-hybridized carbons (Fsp3) is 0.700. The molecule has 1 fully saturated rings. The Kier molecular flexibility index (Phi) is 3.33. The minimum atomic E-state index is -3.11. The molecule has 0 saturated carbocycles. The summed E-state index contributed by atoms with van der Waals surface area (Å²) in [6, 6.07) is 0. The molecule has 1 saturated heterocycles. The van der Waals surface area contributed by atoms with Gasteiger partial charge in [0.25, 0.3) is 0 Å². The number of sulfone groups is 1. The Bertz CT molecular complexity index is 409. The van der Waals surface area contributed by atoms with E-state index in [0.29, 0.717) is 13.1 Å². The van der Waals surface area contributed by atoms with Crippen LogP contribution in [0.5, 0.6) is 0 Å². The topological polar surface area (TPSA) is 63.7 Å². The Hall–Kier alpha value is -1.04. The highest BCUT2D eigenvalue weighted by atomic mass is 32.2. The Labute approximate surface area is 96.0 Å². The number of nitrogens with zero attached hydrogens (tertiary/aromatic N) is 1. The third kappa shape index (κ3) is 4.22. The van der Waals surface area contributed by atoms with Crippen molar-refractivity contribution in [1.82, 2.24) is 4.90 Å². The largest absolute Gasteiger partial charge is 0.444 e. The second-order valence-electron chi connectivity index (χ2n) is 4.94. The summed E-state index contributed by atoms with van der Waals surface area (Å²) < 4.78 is 27.0. The van der Waals surface area contributed by atoms with E-state index in [0.717, 1.165) is 11.8 Å². The van der Waals surface area contributed by atoms with Gasteiger partial charge >= 0.3 is 6.09 Å². The van der Waals surface area contributed by atoms with Crippen LogP contribution in [0.4, 0.5) is 4.79 Å². The summed E-state index contributed by atoms with van der Waals surface area (Å²) in [5, 5.41) is 1.20. The summed E-state index contributed by atoms with van der Waals surface area (Å²) in [7, 11) is -3.11.